The van der Waals surface area contributed by atoms with Gasteiger partial charge >= 0.3 is 0 Å². The van der Waals surface area contributed by atoms with Crippen molar-refractivity contribution in [3.8, 4) is 0 Å². The average molecular weight is 337 g/mol. The van der Waals surface area contributed by atoms with Gasteiger partial charge in [-0.1, -0.05) is 18.2 Å². The zero-order chi connectivity index (χ0) is 17.4. The van der Waals surface area contributed by atoms with Crippen LogP contribution in [0.2, 0.25) is 0 Å². The van der Waals surface area contributed by atoms with Gasteiger partial charge in [-0.05, 0) is 32.8 Å². The molecule has 134 valence electrons. The summed E-state index contributed by atoms with van der Waals surface area (Å²) < 4.78 is 19.4. The molecule has 0 bridgehead atoms. The van der Waals surface area contributed by atoms with E-state index in [1.165, 1.54) is 6.07 Å². The lowest BCUT2D eigenvalue weighted by atomic mass is 10.1. The zero-order valence-electron chi connectivity index (χ0n) is 14.5. The lowest BCUT2D eigenvalue weighted by molar-refractivity contribution is 0.0263. The van der Waals surface area contributed by atoms with Crippen LogP contribution in [0.15, 0.2) is 29.3 Å². The fraction of sp³-hybridized carbons (Fsp3) is 0.611. The summed E-state index contributed by atoms with van der Waals surface area (Å²) in [4.78, 5) is 6.67. The first-order chi connectivity index (χ1) is 11.7. The van der Waals surface area contributed by atoms with Crippen LogP contribution < -0.4 is 5.32 Å². The number of ether oxygens (including phenoxy) is 1. The molecule has 2 rings (SSSR count). The SMILES string of the molecule is CCNC(=NCC(O)c1ccccc1F)N1CCC(OCC)CC1. The molecule has 1 fully saturated rings. The quantitative estimate of drug-likeness (QED) is 0.618. The van der Waals surface area contributed by atoms with Crippen molar-refractivity contribution in [1.82, 2.24) is 10.2 Å². The molecule has 1 atom stereocenters. The van der Waals surface area contributed by atoms with Crippen molar-refractivity contribution in [2.75, 3.05) is 32.8 Å². The van der Waals surface area contributed by atoms with E-state index >= 15 is 0 Å². The van der Waals surface area contributed by atoms with Crippen LogP contribution >= 0.6 is 0 Å². The number of nitrogens with zero attached hydrogens (tertiary/aromatic N) is 2. The molecule has 1 aromatic rings. The normalized spacial score (nSPS) is 17.8. The molecule has 1 saturated heterocycles. The number of halogens is 1. The molecule has 1 aliphatic rings. The number of aliphatic imine (C=N–C) groups is 1. The Hall–Kier alpha value is -1.66. The molecule has 1 aromatic carbocycles. The van der Waals surface area contributed by atoms with Crippen LogP contribution in [0.3, 0.4) is 0 Å². The van der Waals surface area contributed by atoms with E-state index in [0.29, 0.717) is 6.10 Å². The standard InChI is InChI=1S/C18H28FN3O2/c1-3-20-18(22-11-9-14(10-12-22)24-4-2)21-13-17(23)15-7-5-6-8-16(15)19/h5-8,14,17,23H,3-4,9-13H2,1-2H3,(H,20,21). The van der Waals surface area contributed by atoms with Gasteiger partial charge in [-0.3, -0.25) is 4.99 Å². The number of hydrogen-bond acceptors (Lipinski definition) is 3. The molecule has 0 radical (unpaired) electrons. The first-order valence-corrected chi connectivity index (χ1v) is 8.73. The van der Waals surface area contributed by atoms with E-state index in [1.54, 1.807) is 18.2 Å². The van der Waals surface area contributed by atoms with Crippen LogP contribution in [0.1, 0.15) is 38.4 Å². The molecular formula is C18H28FN3O2. The Balaban J connectivity index is 1.97. The van der Waals surface area contributed by atoms with Gasteiger partial charge in [0.2, 0.25) is 0 Å². The Labute approximate surface area is 143 Å². The molecular weight excluding hydrogens is 309 g/mol. The third-order valence-corrected chi connectivity index (χ3v) is 4.16. The summed E-state index contributed by atoms with van der Waals surface area (Å²) in [7, 11) is 0. The second-order valence-electron chi connectivity index (χ2n) is 5.87. The number of guanidine groups is 1. The third-order valence-electron chi connectivity index (χ3n) is 4.16. The van der Waals surface area contributed by atoms with Gasteiger partial charge < -0.3 is 20.1 Å². The van der Waals surface area contributed by atoms with Gasteiger partial charge in [0.1, 0.15) is 11.9 Å². The fourth-order valence-corrected chi connectivity index (χ4v) is 2.91. The molecule has 2 N–H and O–H groups in total. The van der Waals surface area contributed by atoms with Gasteiger partial charge in [0.15, 0.2) is 5.96 Å². The first-order valence-electron chi connectivity index (χ1n) is 8.73. The van der Waals surface area contributed by atoms with Crippen molar-refractivity contribution in [2.24, 2.45) is 4.99 Å². The van der Waals surface area contributed by atoms with Crippen molar-refractivity contribution in [3.63, 3.8) is 0 Å². The highest BCUT2D eigenvalue weighted by molar-refractivity contribution is 5.80. The summed E-state index contributed by atoms with van der Waals surface area (Å²) in [6.45, 7) is 7.39. The molecule has 1 aliphatic heterocycles. The number of aliphatic hydroxyl groups is 1. The summed E-state index contributed by atoms with van der Waals surface area (Å²) >= 11 is 0. The molecule has 6 heteroatoms. The van der Waals surface area contributed by atoms with Crippen LogP contribution in [-0.4, -0.2) is 54.9 Å². The lowest BCUT2D eigenvalue weighted by Crippen LogP contribution is -2.47. The summed E-state index contributed by atoms with van der Waals surface area (Å²) in [6.07, 6.45) is 1.31. The number of likely N-dealkylation sites (tertiary alicyclic amines) is 1. The topological polar surface area (TPSA) is 57.1 Å². The third kappa shape index (κ3) is 5.18. The Morgan fingerprint density at radius 2 is 2.08 bits per heavy atom. The van der Waals surface area contributed by atoms with Gasteiger partial charge in [-0.15, -0.1) is 0 Å². The van der Waals surface area contributed by atoms with Gasteiger partial charge in [0.05, 0.1) is 12.6 Å². The van der Waals surface area contributed by atoms with Crippen molar-refractivity contribution < 1.29 is 14.2 Å². The molecule has 0 spiro atoms. The van der Waals surface area contributed by atoms with Crippen molar-refractivity contribution >= 4 is 5.96 Å². The average Bonchev–Trinajstić information content (AvgIpc) is 2.60. The zero-order valence-corrected chi connectivity index (χ0v) is 14.5. The molecule has 0 aliphatic carbocycles. The van der Waals surface area contributed by atoms with Crippen LogP contribution in [0, 0.1) is 5.82 Å². The number of rotatable bonds is 6. The van der Waals surface area contributed by atoms with E-state index in [-0.39, 0.29) is 12.1 Å². The molecule has 1 heterocycles. The second-order valence-corrected chi connectivity index (χ2v) is 5.87. The monoisotopic (exact) mass is 337 g/mol. The molecule has 1 unspecified atom stereocenters. The number of aliphatic hydroxyl groups excluding tert-OH is 1. The van der Waals surface area contributed by atoms with E-state index in [0.717, 1.165) is 45.0 Å². The van der Waals surface area contributed by atoms with Crippen LogP contribution in [-0.2, 0) is 4.74 Å². The lowest BCUT2D eigenvalue weighted by Gasteiger charge is -2.34. The van der Waals surface area contributed by atoms with Crippen molar-refractivity contribution in [2.45, 2.75) is 38.9 Å². The summed E-state index contributed by atoms with van der Waals surface area (Å²) in [5, 5.41) is 13.5. The number of piperidine rings is 1. The molecule has 0 amide bonds. The van der Waals surface area contributed by atoms with E-state index < -0.39 is 11.9 Å². The molecule has 0 aromatic heterocycles. The fourth-order valence-electron chi connectivity index (χ4n) is 2.91. The van der Waals surface area contributed by atoms with Crippen molar-refractivity contribution in [3.05, 3.63) is 35.6 Å². The predicted molar refractivity (Wildman–Crippen MR) is 93.6 cm³/mol. The smallest absolute Gasteiger partial charge is 0.194 e. The summed E-state index contributed by atoms with van der Waals surface area (Å²) in [6, 6.07) is 6.28. The minimum Gasteiger partial charge on any atom is -0.386 e. The summed E-state index contributed by atoms with van der Waals surface area (Å²) in [5.41, 5.74) is 0.284. The van der Waals surface area contributed by atoms with E-state index in [2.05, 4.69) is 15.2 Å². The molecule has 5 nitrogen and oxygen atoms in total. The maximum atomic E-state index is 13.7. The minimum atomic E-state index is -0.944. The molecule has 24 heavy (non-hydrogen) atoms. The van der Waals surface area contributed by atoms with E-state index in [4.69, 9.17) is 4.74 Å². The highest BCUT2D eigenvalue weighted by Crippen LogP contribution is 2.18. The second kappa shape index (κ2) is 9.59. The number of benzene rings is 1. The summed E-state index contributed by atoms with van der Waals surface area (Å²) in [5.74, 6) is 0.366. The van der Waals surface area contributed by atoms with Crippen LogP contribution in [0.25, 0.3) is 0 Å². The largest absolute Gasteiger partial charge is 0.386 e. The van der Waals surface area contributed by atoms with Crippen LogP contribution in [0.4, 0.5) is 4.39 Å². The first kappa shape index (κ1) is 18.7. The Morgan fingerprint density at radius 1 is 1.38 bits per heavy atom. The Bertz CT molecular complexity index is 531. The number of nitrogens with one attached hydrogen (secondary N) is 1. The van der Waals surface area contributed by atoms with Crippen molar-refractivity contribution in [1.29, 1.82) is 0 Å². The predicted octanol–water partition coefficient (Wildman–Crippen LogP) is 2.33. The van der Waals surface area contributed by atoms with Gasteiger partial charge in [-0.2, -0.15) is 0 Å². The van der Waals surface area contributed by atoms with Gasteiger partial charge in [0.25, 0.3) is 0 Å². The molecule has 0 saturated carbocycles. The maximum absolute atomic E-state index is 13.7. The minimum absolute atomic E-state index is 0.134. The Kier molecular flexibility index (Phi) is 7.46. The van der Waals surface area contributed by atoms with E-state index in [9.17, 15) is 9.50 Å². The Morgan fingerprint density at radius 3 is 2.71 bits per heavy atom. The maximum Gasteiger partial charge on any atom is 0.194 e. The van der Waals surface area contributed by atoms with E-state index in [1.807, 2.05) is 13.8 Å². The van der Waals surface area contributed by atoms with Gasteiger partial charge in [0, 0.05) is 31.8 Å². The number of hydrogen-bond donors (Lipinski definition) is 2. The van der Waals surface area contributed by atoms with Crippen LogP contribution in [0.5, 0.6) is 0 Å². The highest BCUT2D eigenvalue weighted by Gasteiger charge is 2.22. The highest BCUT2D eigenvalue weighted by atomic mass is 19.1. The van der Waals surface area contributed by atoms with Gasteiger partial charge in [-0.25, -0.2) is 4.39 Å².